The maximum Gasteiger partial charge on any atom is 0.237 e. The molecular weight excluding hydrogens is 365 g/mol. The van der Waals surface area contributed by atoms with Gasteiger partial charge in [0.2, 0.25) is 5.91 Å². The van der Waals surface area contributed by atoms with Gasteiger partial charge in [-0.3, -0.25) is 4.79 Å². The molecule has 2 aromatic carbocycles. The Bertz CT molecular complexity index is 660. The molecule has 0 aromatic heterocycles. The summed E-state index contributed by atoms with van der Waals surface area (Å²) in [6, 6.07) is 12.4. The minimum absolute atomic E-state index is 0.115. The van der Waals surface area contributed by atoms with Crippen LogP contribution in [0.2, 0.25) is 0 Å². The van der Waals surface area contributed by atoms with E-state index in [-0.39, 0.29) is 17.0 Å². The van der Waals surface area contributed by atoms with Gasteiger partial charge in [-0.1, -0.05) is 34.1 Å². The Morgan fingerprint density at radius 3 is 2.64 bits per heavy atom. The smallest absolute Gasteiger partial charge is 0.237 e. The fourth-order valence-electron chi connectivity index (χ4n) is 1.84. The highest BCUT2D eigenvalue weighted by molar-refractivity contribution is 9.10. The Hall–Kier alpha value is -1.33. The van der Waals surface area contributed by atoms with Crippen LogP contribution >= 0.6 is 27.7 Å². The Labute approximate surface area is 142 Å². The van der Waals surface area contributed by atoms with E-state index < -0.39 is 0 Å². The van der Waals surface area contributed by atoms with Crippen LogP contribution in [-0.4, -0.2) is 11.2 Å². The van der Waals surface area contributed by atoms with Crippen LogP contribution in [0.4, 0.5) is 10.1 Å². The number of thioether (sulfide) groups is 1. The van der Waals surface area contributed by atoms with E-state index in [0.29, 0.717) is 5.69 Å². The van der Waals surface area contributed by atoms with Crippen LogP contribution in [0.15, 0.2) is 46.9 Å². The predicted octanol–water partition coefficient (Wildman–Crippen LogP) is 5.16. The third kappa shape index (κ3) is 4.85. The quantitative estimate of drug-likeness (QED) is 0.774. The third-order valence-electron chi connectivity index (χ3n) is 3.24. The van der Waals surface area contributed by atoms with E-state index >= 15 is 0 Å². The number of hydrogen-bond acceptors (Lipinski definition) is 2. The molecule has 0 fully saturated rings. The predicted molar refractivity (Wildman–Crippen MR) is 94.7 cm³/mol. The monoisotopic (exact) mass is 381 g/mol. The van der Waals surface area contributed by atoms with Gasteiger partial charge in [0.15, 0.2) is 0 Å². The molecule has 0 aliphatic rings. The largest absolute Gasteiger partial charge is 0.325 e. The van der Waals surface area contributed by atoms with Gasteiger partial charge in [-0.05, 0) is 49.2 Å². The molecule has 0 heterocycles. The zero-order chi connectivity index (χ0) is 16.1. The van der Waals surface area contributed by atoms with Crippen LogP contribution in [-0.2, 0) is 10.5 Å². The van der Waals surface area contributed by atoms with E-state index in [1.807, 2.05) is 38.1 Å². The van der Waals surface area contributed by atoms with Crippen molar-refractivity contribution in [2.45, 2.75) is 24.9 Å². The summed E-state index contributed by atoms with van der Waals surface area (Å²) in [5, 5.41) is 2.57. The molecule has 1 amide bonds. The SMILES string of the molecule is Cc1ccc(F)cc1NC(=O)[C@H](C)SCc1ccc(Br)cc1. The first kappa shape index (κ1) is 17.0. The van der Waals surface area contributed by atoms with Crippen molar-refractivity contribution in [2.24, 2.45) is 0 Å². The number of amides is 1. The molecule has 2 nitrogen and oxygen atoms in total. The molecule has 1 N–H and O–H groups in total. The lowest BCUT2D eigenvalue weighted by molar-refractivity contribution is -0.115. The summed E-state index contributed by atoms with van der Waals surface area (Å²) >= 11 is 4.95. The van der Waals surface area contributed by atoms with Crippen molar-refractivity contribution in [1.29, 1.82) is 0 Å². The number of carbonyl (C=O) groups is 1. The van der Waals surface area contributed by atoms with Gasteiger partial charge < -0.3 is 5.32 Å². The lowest BCUT2D eigenvalue weighted by Gasteiger charge is -2.13. The van der Waals surface area contributed by atoms with E-state index in [2.05, 4.69) is 21.2 Å². The van der Waals surface area contributed by atoms with Gasteiger partial charge >= 0.3 is 0 Å². The van der Waals surface area contributed by atoms with Crippen molar-refractivity contribution in [3.8, 4) is 0 Å². The van der Waals surface area contributed by atoms with Crippen molar-refractivity contribution >= 4 is 39.3 Å². The summed E-state index contributed by atoms with van der Waals surface area (Å²) in [5.41, 5.74) is 2.54. The Morgan fingerprint density at radius 2 is 1.95 bits per heavy atom. The number of rotatable bonds is 5. The summed E-state index contributed by atoms with van der Waals surface area (Å²) in [6.45, 7) is 3.70. The van der Waals surface area contributed by atoms with Crippen molar-refractivity contribution in [2.75, 3.05) is 5.32 Å². The van der Waals surface area contributed by atoms with E-state index in [1.165, 1.54) is 12.1 Å². The topological polar surface area (TPSA) is 29.1 Å². The zero-order valence-electron chi connectivity index (χ0n) is 12.4. The molecule has 0 spiro atoms. The van der Waals surface area contributed by atoms with Gasteiger partial charge in [-0.2, -0.15) is 0 Å². The Morgan fingerprint density at radius 1 is 1.27 bits per heavy atom. The number of benzene rings is 2. The summed E-state index contributed by atoms with van der Waals surface area (Å²) in [6.07, 6.45) is 0. The zero-order valence-corrected chi connectivity index (χ0v) is 14.8. The lowest BCUT2D eigenvalue weighted by Crippen LogP contribution is -2.23. The van der Waals surface area contributed by atoms with Crippen molar-refractivity contribution in [1.82, 2.24) is 0 Å². The number of aryl methyl sites for hydroxylation is 1. The molecule has 0 aliphatic heterocycles. The molecule has 2 aromatic rings. The molecule has 0 bridgehead atoms. The van der Waals surface area contributed by atoms with Crippen molar-refractivity contribution in [3.05, 3.63) is 63.9 Å². The van der Waals surface area contributed by atoms with Crippen molar-refractivity contribution < 1.29 is 9.18 Å². The summed E-state index contributed by atoms with van der Waals surface area (Å²) < 4.78 is 14.3. The highest BCUT2D eigenvalue weighted by Gasteiger charge is 2.15. The first-order chi connectivity index (χ1) is 10.5. The second-order valence-corrected chi connectivity index (χ2v) is 7.27. The molecule has 2 rings (SSSR count). The summed E-state index contributed by atoms with van der Waals surface area (Å²) in [7, 11) is 0. The molecule has 116 valence electrons. The molecule has 0 unspecified atom stereocenters. The van der Waals surface area contributed by atoms with Gasteiger partial charge in [0.25, 0.3) is 0 Å². The lowest BCUT2D eigenvalue weighted by atomic mass is 10.2. The minimum atomic E-state index is -0.351. The van der Waals surface area contributed by atoms with Crippen LogP contribution < -0.4 is 5.32 Å². The number of anilines is 1. The van der Waals surface area contributed by atoms with Gasteiger partial charge in [0.1, 0.15) is 5.82 Å². The highest BCUT2D eigenvalue weighted by Crippen LogP contribution is 2.22. The molecule has 22 heavy (non-hydrogen) atoms. The molecule has 0 radical (unpaired) electrons. The molecule has 0 saturated heterocycles. The second-order valence-electron chi connectivity index (χ2n) is 5.03. The summed E-state index contributed by atoms with van der Waals surface area (Å²) in [5.74, 6) is 0.288. The normalized spacial score (nSPS) is 12.0. The molecule has 0 saturated carbocycles. The van der Waals surface area contributed by atoms with Crippen LogP contribution in [0.5, 0.6) is 0 Å². The average molecular weight is 382 g/mol. The maximum atomic E-state index is 13.2. The van der Waals surface area contributed by atoms with Gasteiger partial charge in [0, 0.05) is 15.9 Å². The van der Waals surface area contributed by atoms with Crippen LogP contribution in [0, 0.1) is 12.7 Å². The highest BCUT2D eigenvalue weighted by atomic mass is 79.9. The standard InChI is InChI=1S/C17H17BrFNOS/c1-11-3-8-15(19)9-16(11)20-17(21)12(2)22-10-13-4-6-14(18)7-5-13/h3-9,12H,10H2,1-2H3,(H,20,21)/t12-/m0/s1. The number of halogens is 2. The van der Waals surface area contributed by atoms with Crippen LogP contribution in [0.1, 0.15) is 18.1 Å². The number of nitrogens with one attached hydrogen (secondary N) is 1. The molecule has 0 aliphatic carbocycles. The first-order valence-corrected chi connectivity index (χ1v) is 8.73. The number of hydrogen-bond donors (Lipinski definition) is 1. The van der Waals surface area contributed by atoms with Crippen LogP contribution in [0.25, 0.3) is 0 Å². The van der Waals surface area contributed by atoms with Gasteiger partial charge in [-0.25, -0.2) is 4.39 Å². The Kier molecular flexibility index (Phi) is 6.03. The van der Waals surface area contributed by atoms with Gasteiger partial charge in [-0.15, -0.1) is 11.8 Å². The maximum absolute atomic E-state index is 13.2. The number of carbonyl (C=O) groups excluding carboxylic acids is 1. The fraction of sp³-hybridized carbons (Fsp3) is 0.235. The summed E-state index contributed by atoms with van der Waals surface area (Å²) in [4.78, 5) is 12.2. The first-order valence-electron chi connectivity index (χ1n) is 6.89. The third-order valence-corrected chi connectivity index (χ3v) is 4.98. The average Bonchev–Trinajstić information content (AvgIpc) is 2.50. The molecular formula is C17H17BrFNOS. The molecule has 5 heteroatoms. The van der Waals surface area contributed by atoms with E-state index in [4.69, 9.17) is 0 Å². The van der Waals surface area contributed by atoms with Gasteiger partial charge in [0.05, 0.1) is 5.25 Å². The van der Waals surface area contributed by atoms with E-state index in [1.54, 1.807) is 17.8 Å². The second kappa shape index (κ2) is 7.79. The van der Waals surface area contributed by atoms with Crippen LogP contribution in [0.3, 0.4) is 0 Å². The van der Waals surface area contributed by atoms with E-state index in [9.17, 15) is 9.18 Å². The molecule has 1 atom stereocenters. The fourth-order valence-corrected chi connectivity index (χ4v) is 2.95. The van der Waals surface area contributed by atoms with Crippen molar-refractivity contribution in [3.63, 3.8) is 0 Å². The van der Waals surface area contributed by atoms with E-state index in [0.717, 1.165) is 21.4 Å². The Balaban J connectivity index is 1.91. The minimum Gasteiger partial charge on any atom is -0.325 e.